The number of hydrogen-bond acceptors (Lipinski definition) is 4. The van der Waals surface area contributed by atoms with Crippen molar-refractivity contribution >= 4 is 6.09 Å². The number of alkyl carbamates (subject to hydrolysis) is 1. The lowest BCUT2D eigenvalue weighted by molar-refractivity contribution is 0.129. The summed E-state index contributed by atoms with van der Waals surface area (Å²) in [6.07, 6.45) is -0.0255. The Morgan fingerprint density at radius 1 is 1.09 bits per heavy atom. The van der Waals surface area contributed by atoms with Gasteiger partial charge in [-0.05, 0) is 29.7 Å². The molecule has 1 amide bonds. The van der Waals surface area contributed by atoms with E-state index < -0.39 is 12.1 Å². The van der Waals surface area contributed by atoms with E-state index >= 15 is 0 Å². The second-order valence-electron chi connectivity index (χ2n) is 5.14. The van der Waals surface area contributed by atoms with Crippen LogP contribution in [0.25, 0.3) is 0 Å². The van der Waals surface area contributed by atoms with E-state index in [9.17, 15) is 9.90 Å². The summed E-state index contributed by atoms with van der Waals surface area (Å²) in [6, 6.07) is 16.5. The van der Waals surface area contributed by atoms with Gasteiger partial charge in [0.25, 0.3) is 0 Å². The molecule has 5 nitrogen and oxygen atoms in total. The minimum Gasteiger partial charge on any atom is -0.497 e. The van der Waals surface area contributed by atoms with Gasteiger partial charge in [0.1, 0.15) is 12.4 Å². The predicted octanol–water partition coefficient (Wildman–Crippen LogP) is 2.53. The molecule has 23 heavy (non-hydrogen) atoms. The molecular formula is C18H21NO4. The monoisotopic (exact) mass is 315 g/mol. The number of carbonyl (C=O) groups excluding carboxylic acids is 1. The van der Waals surface area contributed by atoms with Crippen LogP contribution in [0.1, 0.15) is 11.1 Å². The Morgan fingerprint density at radius 3 is 2.39 bits per heavy atom. The first-order valence-corrected chi connectivity index (χ1v) is 7.42. The summed E-state index contributed by atoms with van der Waals surface area (Å²) in [4.78, 5) is 11.8. The standard InChI is InChI=1S/C18H21NO4/c1-22-17-9-7-14(8-10-17)11-16(12-20)19-18(21)23-13-15-5-3-2-4-6-15/h2-10,16,20H,11-13H2,1H3,(H,19,21)/t16-/m0/s1. The fourth-order valence-electron chi connectivity index (χ4n) is 2.14. The van der Waals surface area contributed by atoms with Gasteiger partial charge in [-0.15, -0.1) is 0 Å². The lowest BCUT2D eigenvalue weighted by atomic mass is 10.1. The van der Waals surface area contributed by atoms with Gasteiger partial charge in [0.05, 0.1) is 19.8 Å². The van der Waals surface area contributed by atoms with Gasteiger partial charge in [-0.3, -0.25) is 0 Å². The lowest BCUT2D eigenvalue weighted by Crippen LogP contribution is -2.39. The molecule has 2 N–H and O–H groups in total. The summed E-state index contributed by atoms with van der Waals surface area (Å²) < 4.78 is 10.3. The summed E-state index contributed by atoms with van der Waals surface area (Å²) in [5, 5.41) is 12.1. The molecule has 5 heteroatoms. The van der Waals surface area contributed by atoms with Gasteiger partial charge in [0.2, 0.25) is 0 Å². The van der Waals surface area contributed by atoms with Crippen molar-refractivity contribution in [1.82, 2.24) is 5.32 Å². The number of amides is 1. The summed E-state index contributed by atoms with van der Waals surface area (Å²) in [7, 11) is 1.61. The first-order valence-electron chi connectivity index (χ1n) is 7.42. The molecule has 0 aliphatic heterocycles. The van der Waals surface area contributed by atoms with Crippen molar-refractivity contribution in [2.24, 2.45) is 0 Å². The fourth-order valence-corrected chi connectivity index (χ4v) is 2.14. The number of ether oxygens (including phenoxy) is 2. The molecule has 0 aliphatic carbocycles. The second-order valence-corrected chi connectivity index (χ2v) is 5.14. The third kappa shape index (κ3) is 5.64. The van der Waals surface area contributed by atoms with Crippen molar-refractivity contribution in [3.63, 3.8) is 0 Å². The summed E-state index contributed by atoms with van der Waals surface area (Å²) >= 11 is 0. The van der Waals surface area contributed by atoms with Crippen molar-refractivity contribution in [3.05, 3.63) is 65.7 Å². The summed E-state index contributed by atoms with van der Waals surface area (Å²) in [5.41, 5.74) is 1.91. The van der Waals surface area contributed by atoms with Crippen LogP contribution in [-0.4, -0.2) is 31.0 Å². The highest BCUT2D eigenvalue weighted by molar-refractivity contribution is 5.67. The van der Waals surface area contributed by atoms with E-state index in [1.807, 2.05) is 54.6 Å². The smallest absolute Gasteiger partial charge is 0.407 e. The van der Waals surface area contributed by atoms with E-state index in [-0.39, 0.29) is 13.2 Å². The number of aliphatic hydroxyl groups excluding tert-OH is 1. The van der Waals surface area contributed by atoms with Crippen LogP contribution in [0, 0.1) is 0 Å². The van der Waals surface area contributed by atoms with E-state index in [1.54, 1.807) is 7.11 Å². The summed E-state index contributed by atoms with van der Waals surface area (Å²) in [6.45, 7) is 0.0415. The van der Waals surface area contributed by atoms with E-state index in [1.165, 1.54) is 0 Å². The van der Waals surface area contributed by atoms with Crippen LogP contribution < -0.4 is 10.1 Å². The minimum absolute atomic E-state index is 0.160. The molecule has 0 aliphatic rings. The Balaban J connectivity index is 1.82. The Kier molecular flexibility index (Phi) is 6.44. The maximum Gasteiger partial charge on any atom is 0.407 e. The highest BCUT2D eigenvalue weighted by atomic mass is 16.5. The molecule has 0 heterocycles. The summed E-state index contributed by atoms with van der Waals surface area (Å²) in [5.74, 6) is 0.768. The third-order valence-electron chi connectivity index (χ3n) is 3.40. The van der Waals surface area contributed by atoms with Crippen LogP contribution in [-0.2, 0) is 17.8 Å². The molecule has 0 fully saturated rings. The van der Waals surface area contributed by atoms with Gasteiger partial charge in [-0.1, -0.05) is 42.5 Å². The number of rotatable bonds is 7. The lowest BCUT2D eigenvalue weighted by Gasteiger charge is -2.16. The topological polar surface area (TPSA) is 67.8 Å². The molecule has 0 saturated heterocycles. The van der Waals surface area contributed by atoms with Gasteiger partial charge in [0, 0.05) is 0 Å². The van der Waals surface area contributed by atoms with Crippen molar-refractivity contribution in [2.45, 2.75) is 19.1 Å². The Hall–Kier alpha value is -2.53. The zero-order valence-electron chi connectivity index (χ0n) is 13.1. The van der Waals surface area contributed by atoms with Crippen LogP contribution in [0.5, 0.6) is 5.75 Å². The third-order valence-corrected chi connectivity index (χ3v) is 3.40. The van der Waals surface area contributed by atoms with E-state index in [0.29, 0.717) is 6.42 Å². The van der Waals surface area contributed by atoms with Crippen LogP contribution in [0.3, 0.4) is 0 Å². The highest BCUT2D eigenvalue weighted by Crippen LogP contribution is 2.12. The number of nitrogens with one attached hydrogen (secondary N) is 1. The van der Waals surface area contributed by atoms with Crippen molar-refractivity contribution in [3.8, 4) is 5.75 Å². The van der Waals surface area contributed by atoms with E-state index in [4.69, 9.17) is 9.47 Å². The minimum atomic E-state index is -0.540. The SMILES string of the molecule is COc1ccc(C[C@@H](CO)NC(=O)OCc2ccccc2)cc1. The fraction of sp³-hybridized carbons (Fsp3) is 0.278. The zero-order valence-corrected chi connectivity index (χ0v) is 13.1. The molecule has 0 spiro atoms. The van der Waals surface area contributed by atoms with Gasteiger partial charge in [0.15, 0.2) is 0 Å². The quantitative estimate of drug-likeness (QED) is 0.824. The van der Waals surface area contributed by atoms with Crippen molar-refractivity contribution in [1.29, 1.82) is 0 Å². The molecular weight excluding hydrogens is 294 g/mol. The Labute approximate surface area is 135 Å². The molecule has 0 bridgehead atoms. The first kappa shape index (κ1) is 16.8. The van der Waals surface area contributed by atoms with E-state index in [2.05, 4.69) is 5.32 Å². The molecule has 2 rings (SSSR count). The molecule has 2 aromatic carbocycles. The number of aliphatic hydroxyl groups is 1. The number of methoxy groups -OCH3 is 1. The van der Waals surface area contributed by atoms with Gasteiger partial charge in [-0.25, -0.2) is 4.79 Å². The maximum atomic E-state index is 11.8. The van der Waals surface area contributed by atoms with Crippen molar-refractivity contribution < 1.29 is 19.4 Å². The Bertz CT molecular complexity index is 598. The van der Waals surface area contributed by atoms with Gasteiger partial charge in [-0.2, -0.15) is 0 Å². The molecule has 0 saturated carbocycles. The number of carbonyl (C=O) groups is 1. The molecule has 2 aromatic rings. The van der Waals surface area contributed by atoms with Gasteiger partial charge < -0.3 is 19.9 Å². The zero-order chi connectivity index (χ0) is 16.5. The molecule has 122 valence electrons. The maximum absolute atomic E-state index is 11.8. The van der Waals surface area contributed by atoms with Crippen LogP contribution in [0.15, 0.2) is 54.6 Å². The average molecular weight is 315 g/mol. The number of hydrogen-bond donors (Lipinski definition) is 2. The largest absolute Gasteiger partial charge is 0.497 e. The molecule has 0 radical (unpaired) electrons. The molecule has 0 aromatic heterocycles. The van der Waals surface area contributed by atoms with Crippen LogP contribution in [0.2, 0.25) is 0 Å². The Morgan fingerprint density at radius 2 is 1.78 bits per heavy atom. The second kappa shape index (κ2) is 8.80. The molecule has 1 atom stereocenters. The van der Waals surface area contributed by atoms with Gasteiger partial charge >= 0.3 is 6.09 Å². The normalized spacial score (nSPS) is 11.6. The van der Waals surface area contributed by atoms with E-state index in [0.717, 1.165) is 16.9 Å². The van der Waals surface area contributed by atoms with Crippen LogP contribution in [0.4, 0.5) is 4.79 Å². The van der Waals surface area contributed by atoms with Crippen LogP contribution >= 0.6 is 0 Å². The number of benzene rings is 2. The molecule has 0 unspecified atom stereocenters. The predicted molar refractivity (Wildman–Crippen MR) is 87.3 cm³/mol. The highest BCUT2D eigenvalue weighted by Gasteiger charge is 2.13. The first-order chi connectivity index (χ1) is 11.2. The van der Waals surface area contributed by atoms with Crippen molar-refractivity contribution in [2.75, 3.05) is 13.7 Å². The average Bonchev–Trinajstić information content (AvgIpc) is 2.61.